The van der Waals surface area contributed by atoms with Crippen LogP contribution >= 0.6 is 0 Å². The minimum Gasteiger partial charge on any atom is -0.394 e. The fraction of sp³-hybridized carbons (Fsp3) is 0.944. The van der Waals surface area contributed by atoms with Crippen molar-refractivity contribution >= 4 is 5.91 Å². The number of aliphatic hydroxyl groups is 1. The summed E-state index contributed by atoms with van der Waals surface area (Å²) in [6.45, 7) is 2.85. The third kappa shape index (κ3) is 4.46. The number of ether oxygens (including phenoxy) is 2. The molecule has 3 fully saturated rings. The molecule has 3 rings (SSSR count). The van der Waals surface area contributed by atoms with Crippen molar-refractivity contribution in [3.8, 4) is 0 Å². The normalized spacial score (nSPS) is 28.4. The number of carbonyl (C=O) groups excluding carboxylic acids is 1. The van der Waals surface area contributed by atoms with Crippen LogP contribution in [0.1, 0.15) is 57.8 Å². The van der Waals surface area contributed by atoms with Gasteiger partial charge in [-0.05, 0) is 38.0 Å². The van der Waals surface area contributed by atoms with Gasteiger partial charge in [0.05, 0.1) is 24.9 Å². The molecule has 5 heteroatoms. The number of hydrogen-bond donors (Lipinski definition) is 1. The molecule has 1 N–H and O–H groups in total. The van der Waals surface area contributed by atoms with Crippen LogP contribution in [0.15, 0.2) is 0 Å². The van der Waals surface area contributed by atoms with Crippen molar-refractivity contribution in [3.05, 3.63) is 0 Å². The van der Waals surface area contributed by atoms with E-state index in [1.807, 2.05) is 4.90 Å². The largest absolute Gasteiger partial charge is 0.394 e. The summed E-state index contributed by atoms with van der Waals surface area (Å²) < 4.78 is 11.8. The molecule has 1 atom stereocenters. The Balaban J connectivity index is 1.46. The minimum atomic E-state index is -0.109. The van der Waals surface area contributed by atoms with Crippen LogP contribution in [0.5, 0.6) is 0 Å². The molecular weight excluding hydrogens is 294 g/mol. The Morgan fingerprint density at radius 3 is 2.65 bits per heavy atom. The highest BCUT2D eigenvalue weighted by Crippen LogP contribution is 2.36. The van der Waals surface area contributed by atoms with E-state index >= 15 is 0 Å². The van der Waals surface area contributed by atoms with Crippen molar-refractivity contribution < 1.29 is 19.4 Å². The molecule has 0 radical (unpaired) electrons. The Morgan fingerprint density at radius 1 is 1.22 bits per heavy atom. The molecule has 1 spiro atoms. The first kappa shape index (κ1) is 17.2. The lowest BCUT2D eigenvalue weighted by molar-refractivity contribution is -0.162. The highest BCUT2D eigenvalue weighted by atomic mass is 16.5. The second-order valence-electron chi connectivity index (χ2n) is 7.48. The van der Waals surface area contributed by atoms with Gasteiger partial charge < -0.3 is 19.5 Å². The van der Waals surface area contributed by atoms with E-state index in [0.717, 1.165) is 51.8 Å². The molecule has 1 unspecified atom stereocenters. The summed E-state index contributed by atoms with van der Waals surface area (Å²) in [5.74, 6) is 0.969. The monoisotopic (exact) mass is 325 g/mol. The predicted octanol–water partition coefficient (Wildman–Crippen LogP) is 2.12. The van der Waals surface area contributed by atoms with Crippen LogP contribution in [0.4, 0.5) is 0 Å². The van der Waals surface area contributed by atoms with E-state index in [4.69, 9.17) is 14.6 Å². The van der Waals surface area contributed by atoms with Crippen molar-refractivity contribution in [2.45, 2.75) is 69.5 Å². The van der Waals surface area contributed by atoms with Crippen LogP contribution in [0.3, 0.4) is 0 Å². The van der Waals surface area contributed by atoms with E-state index in [9.17, 15) is 4.79 Å². The number of amides is 1. The van der Waals surface area contributed by atoms with E-state index < -0.39 is 0 Å². The van der Waals surface area contributed by atoms with Crippen LogP contribution in [0.25, 0.3) is 0 Å². The Bertz CT molecular complexity index is 386. The highest BCUT2D eigenvalue weighted by molar-refractivity contribution is 5.76. The summed E-state index contributed by atoms with van der Waals surface area (Å²) in [5, 5.41) is 8.91. The fourth-order valence-corrected chi connectivity index (χ4v) is 4.45. The highest BCUT2D eigenvalue weighted by Gasteiger charge is 2.41. The van der Waals surface area contributed by atoms with Crippen molar-refractivity contribution in [3.63, 3.8) is 0 Å². The summed E-state index contributed by atoms with van der Waals surface area (Å²) in [5.41, 5.74) is -0.109. The Morgan fingerprint density at radius 2 is 1.96 bits per heavy atom. The average Bonchev–Trinajstić information content (AvgIpc) is 3.07. The number of aliphatic hydroxyl groups excluding tert-OH is 1. The lowest BCUT2D eigenvalue weighted by Crippen LogP contribution is -2.52. The molecule has 0 aromatic rings. The van der Waals surface area contributed by atoms with E-state index in [1.54, 1.807) is 0 Å². The first-order valence-electron chi connectivity index (χ1n) is 9.35. The molecule has 0 aromatic heterocycles. The maximum absolute atomic E-state index is 12.5. The van der Waals surface area contributed by atoms with Crippen LogP contribution in [0, 0.1) is 5.92 Å². The number of carbonyl (C=O) groups is 1. The third-order valence-electron chi connectivity index (χ3n) is 5.86. The summed E-state index contributed by atoms with van der Waals surface area (Å²) in [7, 11) is 0. The van der Waals surface area contributed by atoms with Gasteiger partial charge in [0, 0.05) is 32.5 Å². The Labute approximate surface area is 139 Å². The van der Waals surface area contributed by atoms with Gasteiger partial charge in [-0.1, -0.05) is 12.8 Å². The lowest BCUT2D eigenvalue weighted by Gasteiger charge is -2.46. The van der Waals surface area contributed by atoms with E-state index in [0.29, 0.717) is 18.4 Å². The van der Waals surface area contributed by atoms with Gasteiger partial charge in [0.2, 0.25) is 5.91 Å². The van der Waals surface area contributed by atoms with E-state index in [2.05, 4.69) is 0 Å². The van der Waals surface area contributed by atoms with Gasteiger partial charge >= 0.3 is 0 Å². The number of likely N-dealkylation sites (tertiary alicyclic amines) is 1. The van der Waals surface area contributed by atoms with Gasteiger partial charge in [-0.25, -0.2) is 0 Å². The molecular formula is C18H31NO4. The maximum atomic E-state index is 12.5. The van der Waals surface area contributed by atoms with E-state index in [-0.39, 0.29) is 18.3 Å². The van der Waals surface area contributed by atoms with Crippen molar-refractivity contribution in [2.24, 2.45) is 5.92 Å². The number of rotatable bonds is 5. The lowest BCUT2D eigenvalue weighted by atomic mass is 9.83. The van der Waals surface area contributed by atoms with Crippen molar-refractivity contribution in [2.75, 3.05) is 32.9 Å². The molecule has 2 saturated heterocycles. The molecule has 23 heavy (non-hydrogen) atoms. The predicted molar refractivity (Wildman–Crippen MR) is 87.1 cm³/mol. The summed E-state index contributed by atoms with van der Waals surface area (Å²) in [4.78, 5) is 14.5. The standard InChI is InChI=1S/C18H31NO4/c20-10-12-22-16-5-11-23-18(14-16)6-8-19(9-7-18)17(21)13-15-3-1-2-4-15/h15-16,20H,1-14H2. The quantitative estimate of drug-likeness (QED) is 0.841. The molecule has 5 nitrogen and oxygen atoms in total. The Kier molecular flexibility index (Phi) is 5.94. The zero-order valence-corrected chi connectivity index (χ0v) is 14.2. The number of piperidine rings is 1. The van der Waals surface area contributed by atoms with Crippen molar-refractivity contribution in [1.82, 2.24) is 4.90 Å². The second-order valence-corrected chi connectivity index (χ2v) is 7.48. The topological polar surface area (TPSA) is 59.0 Å². The molecule has 1 saturated carbocycles. The Hall–Kier alpha value is -0.650. The van der Waals surface area contributed by atoms with Crippen molar-refractivity contribution in [1.29, 1.82) is 0 Å². The van der Waals surface area contributed by atoms with E-state index in [1.165, 1.54) is 25.7 Å². The zero-order chi connectivity index (χ0) is 16.1. The SMILES string of the molecule is O=C(CC1CCCC1)N1CCC2(CC1)CC(OCCO)CCO2. The summed E-state index contributed by atoms with van der Waals surface area (Å²) in [6, 6.07) is 0. The third-order valence-corrected chi connectivity index (χ3v) is 5.86. The minimum absolute atomic E-state index is 0.0772. The molecule has 0 bridgehead atoms. The maximum Gasteiger partial charge on any atom is 0.222 e. The molecule has 2 heterocycles. The van der Waals surface area contributed by atoms with Gasteiger partial charge in [-0.2, -0.15) is 0 Å². The van der Waals surface area contributed by atoms with Gasteiger partial charge in [0.1, 0.15) is 0 Å². The first-order valence-corrected chi connectivity index (χ1v) is 9.35. The average molecular weight is 325 g/mol. The summed E-state index contributed by atoms with van der Waals surface area (Å²) in [6.07, 6.45) is 9.64. The van der Waals surface area contributed by atoms with Gasteiger partial charge in [0.15, 0.2) is 0 Å². The number of hydrogen-bond acceptors (Lipinski definition) is 4. The summed E-state index contributed by atoms with van der Waals surface area (Å²) >= 11 is 0. The van der Waals surface area contributed by atoms with Crippen LogP contribution in [-0.2, 0) is 14.3 Å². The second kappa shape index (κ2) is 7.95. The first-order chi connectivity index (χ1) is 11.2. The van der Waals surface area contributed by atoms with Gasteiger partial charge in [-0.15, -0.1) is 0 Å². The molecule has 2 aliphatic heterocycles. The van der Waals surface area contributed by atoms with Gasteiger partial charge in [0.25, 0.3) is 0 Å². The molecule has 132 valence electrons. The smallest absolute Gasteiger partial charge is 0.222 e. The van der Waals surface area contributed by atoms with Crippen LogP contribution < -0.4 is 0 Å². The van der Waals surface area contributed by atoms with Gasteiger partial charge in [-0.3, -0.25) is 4.79 Å². The van der Waals surface area contributed by atoms with Crippen LogP contribution in [0.2, 0.25) is 0 Å². The number of nitrogens with zero attached hydrogens (tertiary/aromatic N) is 1. The molecule has 3 aliphatic rings. The molecule has 1 amide bonds. The molecule has 0 aromatic carbocycles. The van der Waals surface area contributed by atoms with Crippen LogP contribution in [-0.4, -0.2) is 60.5 Å². The molecule has 1 aliphatic carbocycles. The zero-order valence-electron chi connectivity index (χ0n) is 14.2. The fourth-order valence-electron chi connectivity index (χ4n) is 4.45.